The second-order valence-electron chi connectivity index (χ2n) is 10.1. The van der Waals surface area contributed by atoms with Crippen LogP contribution in [0.15, 0.2) is 109 Å². The van der Waals surface area contributed by atoms with Crippen molar-refractivity contribution < 1.29 is 9.47 Å². The first-order valence-corrected chi connectivity index (χ1v) is 16.2. The first kappa shape index (κ1) is 25.3. The van der Waals surface area contributed by atoms with Crippen LogP contribution in [0.4, 0.5) is 0 Å². The van der Waals surface area contributed by atoms with Gasteiger partial charge in [-0.1, -0.05) is 97.3 Å². The van der Waals surface area contributed by atoms with E-state index in [2.05, 4.69) is 72.1 Å². The maximum Gasteiger partial charge on any atom is 0.128 e. The van der Waals surface area contributed by atoms with E-state index in [0.29, 0.717) is 6.61 Å². The summed E-state index contributed by atoms with van der Waals surface area (Å²) in [5.74, 6) is 1.63. The van der Waals surface area contributed by atoms with Crippen molar-refractivity contribution in [1.29, 1.82) is 0 Å². The van der Waals surface area contributed by atoms with E-state index in [1.807, 2.05) is 71.4 Å². The summed E-state index contributed by atoms with van der Waals surface area (Å²) in [6, 6.07) is 34.5. The minimum Gasteiger partial charge on any atom is -0.497 e. The van der Waals surface area contributed by atoms with Gasteiger partial charge in [0.15, 0.2) is 0 Å². The highest BCUT2D eigenvalue weighted by Gasteiger charge is 2.25. The van der Waals surface area contributed by atoms with Crippen LogP contribution >= 0.6 is 0 Å². The number of nitrogens with zero attached hydrogens (tertiary/aromatic N) is 3. The maximum atomic E-state index is 6.39. The van der Waals surface area contributed by atoms with Gasteiger partial charge in [-0.25, -0.2) is 4.68 Å². The van der Waals surface area contributed by atoms with Gasteiger partial charge in [-0.05, 0) is 47.5 Å². The number of para-hydroxylation sites is 2. The van der Waals surface area contributed by atoms with Crippen LogP contribution in [0.25, 0.3) is 21.9 Å². The second kappa shape index (κ2) is 10.9. The van der Waals surface area contributed by atoms with Crippen LogP contribution in [0, 0.1) is 0 Å². The summed E-state index contributed by atoms with van der Waals surface area (Å²) in [6.07, 6.45) is 0. The monoisotopic (exact) mass is 517 g/mol. The summed E-state index contributed by atoms with van der Waals surface area (Å²) in [6.45, 7) is 7.36. The van der Waals surface area contributed by atoms with Crippen LogP contribution in [-0.4, -0.2) is 30.2 Å². The van der Waals surface area contributed by atoms with Gasteiger partial charge in [0.1, 0.15) is 31.7 Å². The zero-order valence-corrected chi connectivity index (χ0v) is 23.2. The summed E-state index contributed by atoms with van der Waals surface area (Å²) >= 11 is 0. The Morgan fingerprint density at radius 1 is 0.816 bits per heavy atom. The van der Waals surface area contributed by atoms with E-state index in [1.54, 1.807) is 7.11 Å². The van der Waals surface area contributed by atoms with Gasteiger partial charge in [-0.15, -0.1) is 5.10 Å². The van der Waals surface area contributed by atoms with Crippen molar-refractivity contribution in [2.24, 2.45) is 0 Å². The lowest BCUT2D eigenvalue weighted by atomic mass is 9.98. The molecule has 5 rings (SSSR count). The van der Waals surface area contributed by atoms with Gasteiger partial charge < -0.3 is 9.47 Å². The van der Waals surface area contributed by atoms with Crippen LogP contribution in [0.1, 0.15) is 16.7 Å². The lowest BCUT2D eigenvalue weighted by molar-refractivity contribution is 0.305. The molecule has 0 amide bonds. The molecule has 6 heteroatoms. The number of hydrogen-bond donors (Lipinski definition) is 0. The molecule has 5 nitrogen and oxygen atoms in total. The van der Waals surface area contributed by atoms with Crippen molar-refractivity contribution in [1.82, 2.24) is 15.0 Å². The molecule has 0 saturated heterocycles. The number of aromatic nitrogens is 3. The molecule has 5 aromatic rings. The average Bonchev–Trinajstić information content (AvgIpc) is 3.36. The van der Waals surface area contributed by atoms with Crippen molar-refractivity contribution in [3.8, 4) is 11.5 Å². The summed E-state index contributed by atoms with van der Waals surface area (Å²) in [7, 11) is -0.272. The molecule has 0 atom stereocenters. The van der Waals surface area contributed by atoms with Gasteiger partial charge in [0.25, 0.3) is 0 Å². The molecule has 0 unspecified atom stereocenters. The van der Waals surface area contributed by atoms with Crippen LogP contribution in [0.3, 0.4) is 0 Å². The fraction of sp³-hybridized carbons (Fsp3) is 0.156. The Kier molecular flexibility index (Phi) is 7.27. The van der Waals surface area contributed by atoms with Gasteiger partial charge >= 0.3 is 0 Å². The van der Waals surface area contributed by atoms with E-state index in [9.17, 15) is 0 Å². The third-order valence-electron chi connectivity index (χ3n) is 6.29. The molecule has 0 fully saturated rings. The van der Waals surface area contributed by atoms with Gasteiger partial charge in [0, 0.05) is 11.1 Å². The molecule has 190 valence electrons. The summed E-state index contributed by atoms with van der Waals surface area (Å²) in [4.78, 5) is 0. The van der Waals surface area contributed by atoms with Crippen molar-refractivity contribution in [2.75, 3.05) is 7.11 Å². The molecule has 0 saturated carbocycles. The molecule has 1 heterocycles. The Bertz CT molecular complexity index is 1610. The molecular weight excluding hydrogens is 486 g/mol. The molecule has 38 heavy (non-hydrogen) atoms. The number of ether oxygens (including phenoxy) is 2. The fourth-order valence-electron chi connectivity index (χ4n) is 4.29. The molecule has 0 spiro atoms. The maximum absolute atomic E-state index is 6.39. The van der Waals surface area contributed by atoms with E-state index in [1.165, 1.54) is 0 Å². The molecule has 0 radical (unpaired) electrons. The Hall–Kier alpha value is -4.38. The summed E-state index contributed by atoms with van der Waals surface area (Å²) in [5, 5.41) is 10.0. The molecule has 0 bridgehead atoms. The SMILES string of the molecule is COc1ccc(COc2ccccc2C(=C=C(n2nnc3ccccc32)[Si](C)(C)C)c2ccccc2)cc1. The topological polar surface area (TPSA) is 49.2 Å². The van der Waals surface area contributed by atoms with Gasteiger partial charge in [0.05, 0.1) is 17.9 Å². The molecule has 0 aliphatic carbocycles. The standard InChI is InChI=1S/C32H31N3O2Si/c1-36-26-20-18-24(19-21-26)23-37-31-17-11-8-14-27(31)28(25-12-6-5-7-13-25)22-32(38(2,3)4)35-30-16-10-9-15-29(30)33-34-35/h5-21H,23H2,1-4H3. The normalized spacial score (nSPS) is 11.2. The summed E-state index contributed by atoms with van der Waals surface area (Å²) < 4.78 is 13.6. The Morgan fingerprint density at radius 2 is 1.50 bits per heavy atom. The Morgan fingerprint density at radius 3 is 2.24 bits per heavy atom. The first-order chi connectivity index (χ1) is 18.4. The average molecular weight is 518 g/mol. The number of benzene rings is 4. The van der Waals surface area contributed by atoms with Crippen molar-refractivity contribution in [3.05, 3.63) is 126 Å². The quantitative estimate of drug-likeness (QED) is 0.158. The Labute approximate surface area is 224 Å². The van der Waals surface area contributed by atoms with E-state index in [0.717, 1.165) is 50.1 Å². The highest BCUT2D eigenvalue weighted by Crippen LogP contribution is 2.33. The zero-order valence-electron chi connectivity index (χ0n) is 22.2. The first-order valence-electron chi connectivity index (χ1n) is 12.7. The van der Waals surface area contributed by atoms with E-state index >= 15 is 0 Å². The van der Waals surface area contributed by atoms with Gasteiger partial charge in [-0.2, -0.15) is 0 Å². The largest absolute Gasteiger partial charge is 0.497 e. The summed E-state index contributed by atoms with van der Waals surface area (Å²) in [5.41, 5.74) is 9.76. The predicted molar refractivity (Wildman–Crippen MR) is 157 cm³/mol. The highest BCUT2D eigenvalue weighted by molar-refractivity contribution is 6.92. The zero-order chi connectivity index (χ0) is 26.5. The number of hydrogen-bond acceptors (Lipinski definition) is 4. The van der Waals surface area contributed by atoms with Crippen LogP contribution in [-0.2, 0) is 6.61 Å². The lowest BCUT2D eigenvalue weighted by Gasteiger charge is -2.20. The van der Waals surface area contributed by atoms with Crippen LogP contribution in [0.2, 0.25) is 19.6 Å². The number of rotatable bonds is 8. The molecule has 0 aliphatic heterocycles. The van der Waals surface area contributed by atoms with Crippen molar-refractivity contribution >= 4 is 30.0 Å². The number of methoxy groups -OCH3 is 1. The lowest BCUT2D eigenvalue weighted by Crippen LogP contribution is -2.27. The number of fused-ring (bicyclic) bond motifs is 1. The Balaban J connectivity index is 1.68. The van der Waals surface area contributed by atoms with Crippen LogP contribution < -0.4 is 9.47 Å². The predicted octanol–water partition coefficient (Wildman–Crippen LogP) is 7.47. The van der Waals surface area contributed by atoms with Crippen molar-refractivity contribution in [2.45, 2.75) is 26.2 Å². The third kappa shape index (κ3) is 5.47. The van der Waals surface area contributed by atoms with E-state index in [4.69, 9.17) is 9.47 Å². The van der Waals surface area contributed by atoms with Gasteiger partial charge in [-0.3, -0.25) is 0 Å². The molecule has 4 aromatic carbocycles. The van der Waals surface area contributed by atoms with Gasteiger partial charge in [0.2, 0.25) is 0 Å². The van der Waals surface area contributed by atoms with E-state index < -0.39 is 8.07 Å². The molecule has 1 aromatic heterocycles. The highest BCUT2D eigenvalue weighted by atomic mass is 28.3. The molecule has 0 N–H and O–H groups in total. The molecular formula is C32H31N3O2Si. The minimum atomic E-state index is -1.94. The van der Waals surface area contributed by atoms with E-state index in [-0.39, 0.29) is 0 Å². The second-order valence-corrected chi connectivity index (χ2v) is 15.1. The smallest absolute Gasteiger partial charge is 0.128 e. The molecule has 0 aliphatic rings. The minimum absolute atomic E-state index is 0.446. The fourth-order valence-corrected chi connectivity index (χ4v) is 5.59. The van der Waals surface area contributed by atoms with Crippen molar-refractivity contribution in [3.63, 3.8) is 0 Å². The van der Waals surface area contributed by atoms with Crippen LogP contribution in [0.5, 0.6) is 11.5 Å². The third-order valence-corrected chi connectivity index (χ3v) is 8.05.